The fraction of sp³-hybridized carbons (Fsp3) is 0.158. The lowest BCUT2D eigenvalue weighted by molar-refractivity contribution is 0.535. The third-order valence-corrected chi connectivity index (χ3v) is 6.56. The Morgan fingerprint density at radius 2 is 1.65 bits per heavy atom. The van der Waals surface area contributed by atoms with Crippen LogP contribution in [0.15, 0.2) is 71.9 Å². The predicted octanol–water partition coefficient (Wildman–Crippen LogP) is 5.03. The zero-order valence-corrected chi connectivity index (χ0v) is 15.2. The van der Waals surface area contributed by atoms with Gasteiger partial charge in [-0.1, -0.05) is 11.6 Å². The average molecular weight is 396 g/mol. The lowest BCUT2D eigenvalue weighted by Gasteiger charge is -2.19. The van der Waals surface area contributed by atoms with Gasteiger partial charge >= 0.3 is 0 Å². The van der Waals surface area contributed by atoms with Gasteiger partial charge < -0.3 is 4.57 Å². The maximum absolute atomic E-state index is 14.3. The number of benzene rings is 2. The van der Waals surface area contributed by atoms with Crippen LogP contribution < -0.4 is 0 Å². The summed E-state index contributed by atoms with van der Waals surface area (Å²) in [6, 6.07) is 12.1. The van der Waals surface area contributed by atoms with Crippen LogP contribution in [0.25, 0.3) is 0 Å². The summed E-state index contributed by atoms with van der Waals surface area (Å²) in [4.78, 5) is 0.0167. The van der Waals surface area contributed by atoms with Gasteiger partial charge in [-0.3, -0.25) is 0 Å². The third kappa shape index (κ3) is 3.97. The molecule has 0 aliphatic heterocycles. The van der Waals surface area contributed by atoms with E-state index in [0.29, 0.717) is 11.6 Å². The van der Waals surface area contributed by atoms with Gasteiger partial charge in [0.2, 0.25) is 0 Å². The smallest absolute Gasteiger partial charge is 0.185 e. The Balaban J connectivity index is 2.04. The molecule has 1 heterocycles. The molecule has 3 nitrogen and oxygen atoms in total. The Morgan fingerprint density at radius 1 is 1.00 bits per heavy atom. The molecule has 2 aromatic carbocycles. The van der Waals surface area contributed by atoms with Gasteiger partial charge in [0.15, 0.2) is 9.84 Å². The first-order valence-electron chi connectivity index (χ1n) is 7.93. The van der Waals surface area contributed by atoms with E-state index in [0.717, 1.165) is 18.2 Å². The largest absolute Gasteiger partial charge is 0.354 e. The normalized spacial score (nSPS) is 12.9. The van der Waals surface area contributed by atoms with E-state index in [1.54, 1.807) is 17.0 Å². The van der Waals surface area contributed by atoms with Crippen LogP contribution in [0.4, 0.5) is 8.78 Å². The van der Waals surface area contributed by atoms with Crippen molar-refractivity contribution in [3.05, 3.63) is 89.2 Å². The first-order valence-corrected chi connectivity index (χ1v) is 9.85. The Labute approximate surface area is 155 Å². The highest BCUT2D eigenvalue weighted by Gasteiger charge is 2.31. The summed E-state index contributed by atoms with van der Waals surface area (Å²) in [6.45, 7) is 0.348. The third-order valence-electron chi connectivity index (χ3n) is 4.14. The Morgan fingerprint density at radius 3 is 2.31 bits per heavy atom. The summed E-state index contributed by atoms with van der Waals surface area (Å²) < 4.78 is 56.1. The second kappa shape index (κ2) is 7.60. The summed E-state index contributed by atoms with van der Waals surface area (Å²) in [5, 5.41) is -0.827. The maximum Gasteiger partial charge on any atom is 0.185 e. The van der Waals surface area contributed by atoms with E-state index in [1.165, 1.54) is 24.3 Å². The second-order valence-corrected chi connectivity index (χ2v) is 8.43. The van der Waals surface area contributed by atoms with Crippen LogP contribution in [0.5, 0.6) is 0 Å². The number of hydrogen-bond donors (Lipinski definition) is 0. The quantitative estimate of drug-likeness (QED) is 0.587. The first kappa shape index (κ1) is 18.6. The summed E-state index contributed by atoms with van der Waals surface area (Å²) >= 11 is 5.83. The molecular formula is C19H16ClF2NO2S. The fourth-order valence-electron chi connectivity index (χ4n) is 2.81. The molecule has 136 valence electrons. The molecule has 0 N–H and O–H groups in total. The number of halogens is 3. The van der Waals surface area contributed by atoms with E-state index >= 15 is 0 Å². The molecule has 0 spiro atoms. The van der Waals surface area contributed by atoms with Gasteiger partial charge in [0.25, 0.3) is 0 Å². The standard InChI is InChI=1S/C19H16ClF2NO2S/c20-14-3-6-16(7-4-14)26(24,25)19(9-12-23-10-1-2-11-23)17-13-15(21)5-8-18(17)22/h1-8,10-11,13,19H,9,12H2. The topological polar surface area (TPSA) is 39.1 Å². The Kier molecular flexibility index (Phi) is 5.44. The summed E-state index contributed by atoms with van der Waals surface area (Å²) in [7, 11) is -3.94. The van der Waals surface area contributed by atoms with Crippen molar-refractivity contribution in [1.82, 2.24) is 4.57 Å². The maximum atomic E-state index is 14.3. The SMILES string of the molecule is O=S(=O)(c1ccc(Cl)cc1)C(CCn1cccc1)c1cc(F)ccc1F. The van der Waals surface area contributed by atoms with Gasteiger partial charge in [-0.05, 0) is 61.0 Å². The van der Waals surface area contributed by atoms with Crippen LogP contribution in [0.2, 0.25) is 5.02 Å². The molecule has 3 rings (SSSR count). The highest BCUT2D eigenvalue weighted by atomic mass is 35.5. The van der Waals surface area contributed by atoms with Gasteiger partial charge in [-0.15, -0.1) is 0 Å². The van der Waals surface area contributed by atoms with Crippen LogP contribution >= 0.6 is 11.6 Å². The van der Waals surface area contributed by atoms with Crippen molar-refractivity contribution >= 4 is 21.4 Å². The number of hydrogen-bond acceptors (Lipinski definition) is 2. The van der Waals surface area contributed by atoms with Gasteiger partial charge in [0, 0.05) is 29.5 Å². The van der Waals surface area contributed by atoms with Crippen molar-refractivity contribution in [3.8, 4) is 0 Å². The molecule has 0 fully saturated rings. The van der Waals surface area contributed by atoms with E-state index < -0.39 is 26.7 Å². The number of rotatable bonds is 6. The van der Waals surface area contributed by atoms with E-state index in [9.17, 15) is 17.2 Å². The van der Waals surface area contributed by atoms with Gasteiger partial charge in [0.1, 0.15) is 11.6 Å². The number of nitrogens with zero attached hydrogens (tertiary/aromatic N) is 1. The van der Waals surface area contributed by atoms with E-state index in [2.05, 4.69) is 0 Å². The van der Waals surface area contributed by atoms with Crippen molar-refractivity contribution < 1.29 is 17.2 Å². The fourth-order valence-corrected chi connectivity index (χ4v) is 4.71. The van der Waals surface area contributed by atoms with E-state index in [1.807, 2.05) is 12.1 Å². The molecule has 0 bridgehead atoms. The number of aryl methyl sites for hydroxylation is 1. The van der Waals surface area contributed by atoms with Crippen LogP contribution in [0, 0.1) is 11.6 Å². The van der Waals surface area contributed by atoms with Crippen LogP contribution in [0.3, 0.4) is 0 Å². The average Bonchev–Trinajstić information content (AvgIpc) is 3.12. The molecule has 0 saturated heterocycles. The highest BCUT2D eigenvalue weighted by molar-refractivity contribution is 7.91. The van der Waals surface area contributed by atoms with Gasteiger partial charge in [0.05, 0.1) is 10.1 Å². The van der Waals surface area contributed by atoms with Crippen molar-refractivity contribution in [2.24, 2.45) is 0 Å². The van der Waals surface area contributed by atoms with Gasteiger partial charge in [-0.25, -0.2) is 17.2 Å². The molecule has 1 atom stereocenters. The van der Waals surface area contributed by atoms with Crippen LogP contribution in [-0.4, -0.2) is 13.0 Å². The molecule has 0 radical (unpaired) electrons. The summed E-state index contributed by atoms with van der Waals surface area (Å²) in [6.07, 6.45) is 3.67. The van der Waals surface area contributed by atoms with Crippen LogP contribution in [-0.2, 0) is 16.4 Å². The van der Waals surface area contributed by atoms with Crippen LogP contribution in [0.1, 0.15) is 17.2 Å². The van der Waals surface area contributed by atoms with Gasteiger partial charge in [-0.2, -0.15) is 0 Å². The van der Waals surface area contributed by atoms with Crippen molar-refractivity contribution in [3.63, 3.8) is 0 Å². The minimum absolute atomic E-state index is 0.0167. The number of sulfone groups is 1. The molecule has 26 heavy (non-hydrogen) atoms. The molecular weight excluding hydrogens is 380 g/mol. The monoisotopic (exact) mass is 395 g/mol. The highest BCUT2D eigenvalue weighted by Crippen LogP contribution is 2.34. The lowest BCUT2D eigenvalue weighted by Crippen LogP contribution is -2.17. The molecule has 0 amide bonds. The Bertz CT molecular complexity index is 987. The summed E-state index contributed by atoms with van der Waals surface area (Å²) in [5.41, 5.74) is -0.174. The minimum atomic E-state index is -3.94. The zero-order valence-electron chi connectivity index (χ0n) is 13.6. The van der Waals surface area contributed by atoms with Crippen molar-refractivity contribution in [1.29, 1.82) is 0 Å². The summed E-state index contributed by atoms with van der Waals surface area (Å²) in [5.74, 6) is -1.43. The second-order valence-electron chi connectivity index (χ2n) is 5.86. The predicted molar refractivity (Wildman–Crippen MR) is 96.8 cm³/mol. The number of aromatic nitrogens is 1. The van der Waals surface area contributed by atoms with Crippen molar-refractivity contribution in [2.75, 3.05) is 0 Å². The van der Waals surface area contributed by atoms with E-state index in [4.69, 9.17) is 11.6 Å². The molecule has 0 aliphatic rings. The van der Waals surface area contributed by atoms with E-state index in [-0.39, 0.29) is 16.9 Å². The molecule has 1 aromatic heterocycles. The zero-order chi connectivity index (χ0) is 18.7. The molecule has 1 unspecified atom stereocenters. The first-order chi connectivity index (χ1) is 12.4. The molecule has 0 saturated carbocycles. The minimum Gasteiger partial charge on any atom is -0.354 e. The molecule has 0 aliphatic carbocycles. The molecule has 7 heteroatoms. The lowest BCUT2D eigenvalue weighted by atomic mass is 10.1. The Hall–Kier alpha value is -2.18. The molecule has 3 aromatic rings. The van der Waals surface area contributed by atoms with Crippen molar-refractivity contribution in [2.45, 2.75) is 23.1 Å².